The van der Waals surface area contributed by atoms with Crippen LogP contribution in [0.25, 0.3) is 0 Å². The molecule has 2 aromatic rings. The van der Waals surface area contributed by atoms with Crippen LogP contribution in [0.2, 0.25) is 5.02 Å². The number of ether oxygens (including phenoxy) is 3. The lowest BCUT2D eigenvalue weighted by Crippen LogP contribution is -2.51. The molecule has 2 atom stereocenters. The van der Waals surface area contributed by atoms with Crippen LogP contribution < -0.4 is 10.1 Å². The van der Waals surface area contributed by atoms with Crippen molar-refractivity contribution in [1.82, 2.24) is 0 Å². The summed E-state index contributed by atoms with van der Waals surface area (Å²) >= 11 is 6.12. The van der Waals surface area contributed by atoms with E-state index in [2.05, 4.69) is 52.1 Å². The van der Waals surface area contributed by atoms with Crippen LogP contribution in [-0.2, 0) is 16.0 Å². The van der Waals surface area contributed by atoms with Crippen LogP contribution in [-0.4, -0.2) is 24.4 Å². The van der Waals surface area contributed by atoms with Gasteiger partial charge in [0, 0.05) is 29.4 Å². The van der Waals surface area contributed by atoms with Crippen molar-refractivity contribution in [3.63, 3.8) is 0 Å². The van der Waals surface area contributed by atoms with E-state index in [1.54, 1.807) is 0 Å². The van der Waals surface area contributed by atoms with Gasteiger partial charge in [0.1, 0.15) is 23.6 Å². The van der Waals surface area contributed by atoms with E-state index in [0.29, 0.717) is 13.2 Å². The van der Waals surface area contributed by atoms with Crippen LogP contribution in [0.3, 0.4) is 0 Å². The molecule has 4 nitrogen and oxygen atoms in total. The maximum Gasteiger partial charge on any atom is 0.132 e. The van der Waals surface area contributed by atoms with Crippen molar-refractivity contribution >= 4 is 17.3 Å². The molecule has 0 saturated heterocycles. The largest absolute Gasteiger partial charge is 0.485 e. The predicted octanol–water partition coefficient (Wildman–Crippen LogP) is 7.16. The van der Waals surface area contributed by atoms with Crippen molar-refractivity contribution in [1.29, 1.82) is 0 Å². The van der Waals surface area contributed by atoms with Crippen molar-refractivity contribution in [3.05, 3.63) is 58.6 Å². The van der Waals surface area contributed by atoms with Gasteiger partial charge in [-0.05, 0) is 70.0 Å². The van der Waals surface area contributed by atoms with Gasteiger partial charge in [-0.25, -0.2) is 0 Å². The third-order valence-corrected chi connectivity index (χ3v) is 5.73. The fourth-order valence-electron chi connectivity index (χ4n) is 3.98. The molecule has 1 aliphatic heterocycles. The molecule has 0 amide bonds. The van der Waals surface area contributed by atoms with Gasteiger partial charge in [0.15, 0.2) is 0 Å². The summed E-state index contributed by atoms with van der Waals surface area (Å²) in [5.74, 6) is 0.859. The number of hydrogen-bond acceptors (Lipinski definition) is 4. The Bertz CT molecular complexity index is 852. The zero-order chi connectivity index (χ0) is 22.4. The van der Waals surface area contributed by atoms with Crippen molar-refractivity contribution in [2.45, 2.75) is 84.3 Å². The highest BCUT2D eigenvalue weighted by atomic mass is 35.5. The monoisotopic (exact) mass is 445 g/mol. The minimum absolute atomic E-state index is 0.0802. The molecule has 1 aliphatic rings. The van der Waals surface area contributed by atoms with Gasteiger partial charge in [0.25, 0.3) is 0 Å². The Morgan fingerprint density at radius 1 is 1.13 bits per heavy atom. The molecular weight excluding hydrogens is 410 g/mol. The van der Waals surface area contributed by atoms with E-state index in [-0.39, 0.29) is 18.3 Å². The van der Waals surface area contributed by atoms with Crippen molar-refractivity contribution in [3.8, 4) is 5.75 Å². The minimum atomic E-state index is -0.478. The Labute approximate surface area is 192 Å². The van der Waals surface area contributed by atoms with Gasteiger partial charge in [-0.2, -0.15) is 0 Å². The molecule has 170 valence electrons. The van der Waals surface area contributed by atoms with E-state index in [1.807, 2.05) is 30.3 Å². The lowest BCUT2D eigenvalue weighted by atomic mass is 9.87. The van der Waals surface area contributed by atoms with E-state index in [9.17, 15) is 0 Å². The topological polar surface area (TPSA) is 39.7 Å². The number of fused-ring (bicyclic) bond motifs is 1. The molecule has 2 unspecified atom stereocenters. The van der Waals surface area contributed by atoms with Gasteiger partial charge in [0.05, 0.1) is 6.10 Å². The van der Waals surface area contributed by atoms with E-state index in [4.69, 9.17) is 25.8 Å². The highest BCUT2D eigenvalue weighted by Crippen LogP contribution is 2.44. The molecular formula is C26H36ClNO3. The zero-order valence-electron chi connectivity index (χ0n) is 19.4. The van der Waals surface area contributed by atoms with Gasteiger partial charge in [-0.15, -0.1) is 0 Å². The van der Waals surface area contributed by atoms with Crippen LogP contribution in [0.5, 0.6) is 5.75 Å². The van der Waals surface area contributed by atoms with Crippen molar-refractivity contribution in [2.24, 2.45) is 0 Å². The molecule has 0 radical (unpaired) electrons. The molecule has 3 rings (SSSR count). The SMILES string of the molecule is CCCCCOC1C(OC(C)C)c2cc(NCc3cccc(Cl)c3)ccc2OC1(C)C. The number of benzene rings is 2. The summed E-state index contributed by atoms with van der Waals surface area (Å²) in [4.78, 5) is 0. The average Bonchev–Trinajstić information content (AvgIpc) is 2.71. The first-order chi connectivity index (χ1) is 14.8. The molecule has 1 N–H and O–H groups in total. The summed E-state index contributed by atoms with van der Waals surface area (Å²) in [6, 6.07) is 14.1. The number of anilines is 1. The first-order valence-electron chi connectivity index (χ1n) is 11.4. The van der Waals surface area contributed by atoms with E-state index in [1.165, 1.54) is 6.42 Å². The summed E-state index contributed by atoms with van der Waals surface area (Å²) in [6.45, 7) is 11.9. The van der Waals surface area contributed by atoms with E-state index in [0.717, 1.165) is 40.4 Å². The fourth-order valence-corrected chi connectivity index (χ4v) is 4.20. The first kappa shape index (κ1) is 23.9. The third kappa shape index (κ3) is 6.38. The molecule has 0 bridgehead atoms. The second-order valence-corrected chi connectivity index (χ2v) is 9.48. The normalized spacial score (nSPS) is 19.7. The Kier molecular flexibility index (Phi) is 8.26. The first-order valence-corrected chi connectivity index (χ1v) is 11.8. The van der Waals surface area contributed by atoms with Crippen molar-refractivity contribution < 1.29 is 14.2 Å². The summed E-state index contributed by atoms with van der Waals surface area (Å²) in [6.07, 6.45) is 3.10. The third-order valence-electron chi connectivity index (χ3n) is 5.50. The van der Waals surface area contributed by atoms with E-state index >= 15 is 0 Å². The van der Waals surface area contributed by atoms with Crippen LogP contribution in [0.15, 0.2) is 42.5 Å². The van der Waals surface area contributed by atoms with Gasteiger partial charge < -0.3 is 19.5 Å². The highest BCUT2D eigenvalue weighted by molar-refractivity contribution is 6.30. The lowest BCUT2D eigenvalue weighted by molar-refractivity contribution is -0.173. The number of nitrogens with one attached hydrogen (secondary N) is 1. The molecule has 0 aromatic heterocycles. The Morgan fingerprint density at radius 3 is 2.65 bits per heavy atom. The number of unbranched alkanes of at least 4 members (excludes halogenated alkanes) is 2. The molecule has 0 aliphatic carbocycles. The maximum atomic E-state index is 6.41. The highest BCUT2D eigenvalue weighted by Gasteiger charge is 2.46. The van der Waals surface area contributed by atoms with Gasteiger partial charge in [0.2, 0.25) is 0 Å². The standard InChI is InChI=1S/C26H36ClNO3/c1-6-7-8-14-29-25-24(30-18(2)3)22-16-21(12-13-23(22)31-26(25,4)5)28-17-19-10-9-11-20(27)15-19/h9-13,15-16,18,24-25,28H,6-8,14,17H2,1-5H3. The number of rotatable bonds is 10. The Balaban J connectivity index is 1.82. The smallest absolute Gasteiger partial charge is 0.132 e. The molecule has 0 fully saturated rings. The predicted molar refractivity (Wildman–Crippen MR) is 128 cm³/mol. The zero-order valence-corrected chi connectivity index (χ0v) is 20.2. The molecule has 31 heavy (non-hydrogen) atoms. The maximum absolute atomic E-state index is 6.41. The second kappa shape index (κ2) is 10.7. The summed E-state index contributed by atoms with van der Waals surface area (Å²) in [7, 11) is 0. The van der Waals surface area contributed by atoms with Crippen LogP contribution >= 0.6 is 11.6 Å². The van der Waals surface area contributed by atoms with Gasteiger partial charge >= 0.3 is 0 Å². The second-order valence-electron chi connectivity index (χ2n) is 9.05. The van der Waals surface area contributed by atoms with Crippen LogP contribution in [0.1, 0.15) is 71.1 Å². The summed E-state index contributed by atoms with van der Waals surface area (Å²) in [5, 5.41) is 4.24. The fraction of sp³-hybridized carbons (Fsp3) is 0.538. The lowest BCUT2D eigenvalue weighted by Gasteiger charge is -2.45. The number of hydrogen-bond donors (Lipinski definition) is 1. The van der Waals surface area contributed by atoms with Crippen LogP contribution in [0.4, 0.5) is 5.69 Å². The molecule has 0 saturated carbocycles. The molecule has 2 aromatic carbocycles. The Morgan fingerprint density at radius 2 is 1.94 bits per heavy atom. The number of halogens is 1. The van der Waals surface area contributed by atoms with Crippen LogP contribution in [0, 0.1) is 0 Å². The molecule has 5 heteroatoms. The summed E-state index contributed by atoms with van der Waals surface area (Å²) in [5.41, 5.74) is 2.71. The van der Waals surface area contributed by atoms with Crippen molar-refractivity contribution in [2.75, 3.05) is 11.9 Å². The minimum Gasteiger partial charge on any atom is -0.485 e. The molecule has 1 heterocycles. The quantitative estimate of drug-likeness (QED) is 0.393. The Hall–Kier alpha value is -1.75. The summed E-state index contributed by atoms with van der Waals surface area (Å²) < 4.78 is 19.2. The van der Waals surface area contributed by atoms with Gasteiger partial charge in [-0.1, -0.05) is 43.5 Å². The van der Waals surface area contributed by atoms with Gasteiger partial charge in [-0.3, -0.25) is 0 Å². The van der Waals surface area contributed by atoms with E-state index < -0.39 is 5.60 Å². The average molecular weight is 446 g/mol. The molecule has 0 spiro atoms.